The van der Waals surface area contributed by atoms with Crippen LogP contribution < -0.4 is 10.1 Å². The first-order chi connectivity index (χ1) is 13.6. The van der Waals surface area contributed by atoms with E-state index in [9.17, 15) is 4.79 Å². The maximum absolute atomic E-state index is 12.3. The van der Waals surface area contributed by atoms with Crippen molar-refractivity contribution in [1.29, 1.82) is 0 Å². The molecule has 0 radical (unpaired) electrons. The lowest BCUT2D eigenvalue weighted by atomic mass is 10.0. The molecule has 1 amide bonds. The van der Waals surface area contributed by atoms with Crippen molar-refractivity contribution >= 4 is 33.1 Å². The molecule has 4 aromatic rings. The number of carbonyl (C=O) groups excluding carboxylic acids is 1. The largest absolute Gasteiger partial charge is 0.467 e. The van der Waals surface area contributed by atoms with Crippen molar-refractivity contribution in [3.63, 3.8) is 0 Å². The molecule has 2 aromatic carbocycles. The number of amides is 1. The van der Waals surface area contributed by atoms with Crippen LogP contribution in [0, 0.1) is 13.8 Å². The van der Waals surface area contributed by atoms with Gasteiger partial charge in [0.1, 0.15) is 11.2 Å². The Kier molecular flexibility index (Phi) is 5.04. The minimum atomic E-state index is -0.232. The van der Waals surface area contributed by atoms with Gasteiger partial charge in [0.2, 0.25) is 5.88 Å². The van der Waals surface area contributed by atoms with E-state index in [2.05, 4.69) is 46.5 Å². The summed E-state index contributed by atoms with van der Waals surface area (Å²) in [6.07, 6.45) is 1.46. The van der Waals surface area contributed by atoms with Crippen LogP contribution in [-0.2, 0) is 4.79 Å². The molecule has 0 saturated heterocycles. The fourth-order valence-electron chi connectivity index (χ4n) is 2.96. The molecule has 0 saturated carbocycles. The highest BCUT2D eigenvalue weighted by Crippen LogP contribution is 2.37. The van der Waals surface area contributed by atoms with Gasteiger partial charge in [-0.15, -0.1) is 11.3 Å². The molecule has 2 aromatic heterocycles. The Balaban J connectivity index is 1.56. The molecule has 5 nitrogen and oxygen atoms in total. The molecular weight excluding hydrogens is 370 g/mol. The summed E-state index contributed by atoms with van der Waals surface area (Å²) in [7, 11) is 0. The number of rotatable bonds is 5. The van der Waals surface area contributed by atoms with Gasteiger partial charge < -0.3 is 10.1 Å². The number of fused-ring (bicyclic) bond motifs is 1. The van der Waals surface area contributed by atoms with Crippen molar-refractivity contribution in [3.05, 3.63) is 71.4 Å². The first-order valence-electron chi connectivity index (χ1n) is 8.89. The fourth-order valence-corrected chi connectivity index (χ4v) is 3.86. The predicted octanol–water partition coefficient (Wildman–Crippen LogP) is 4.99. The van der Waals surface area contributed by atoms with Crippen molar-refractivity contribution < 1.29 is 9.53 Å². The lowest BCUT2D eigenvalue weighted by molar-refractivity contribution is -0.118. The van der Waals surface area contributed by atoms with Gasteiger partial charge in [-0.3, -0.25) is 4.79 Å². The van der Waals surface area contributed by atoms with Crippen molar-refractivity contribution in [3.8, 4) is 17.0 Å². The first kappa shape index (κ1) is 18.1. The number of aromatic nitrogens is 2. The number of hydrogen-bond donors (Lipinski definition) is 1. The van der Waals surface area contributed by atoms with Gasteiger partial charge in [-0.25, -0.2) is 9.97 Å². The Morgan fingerprint density at radius 1 is 1.07 bits per heavy atom. The van der Waals surface area contributed by atoms with Crippen LogP contribution in [-0.4, -0.2) is 22.5 Å². The van der Waals surface area contributed by atoms with Crippen LogP contribution in [0.5, 0.6) is 5.88 Å². The van der Waals surface area contributed by atoms with Gasteiger partial charge in [-0.1, -0.05) is 42.0 Å². The summed E-state index contributed by atoms with van der Waals surface area (Å²) < 4.78 is 5.77. The molecular formula is C22H19N3O2S. The molecule has 2 heterocycles. The Hall–Kier alpha value is -3.25. The van der Waals surface area contributed by atoms with Crippen molar-refractivity contribution in [1.82, 2.24) is 9.97 Å². The highest BCUT2D eigenvalue weighted by molar-refractivity contribution is 7.17. The lowest BCUT2D eigenvalue weighted by Gasteiger charge is -2.09. The first-order valence-corrected chi connectivity index (χ1v) is 9.76. The van der Waals surface area contributed by atoms with Crippen LogP contribution in [0.1, 0.15) is 11.1 Å². The second-order valence-electron chi connectivity index (χ2n) is 6.58. The molecule has 0 bridgehead atoms. The van der Waals surface area contributed by atoms with Crippen LogP contribution >= 0.6 is 11.3 Å². The van der Waals surface area contributed by atoms with Gasteiger partial charge in [0.25, 0.3) is 5.91 Å². The Bertz CT molecular complexity index is 1140. The molecule has 28 heavy (non-hydrogen) atoms. The van der Waals surface area contributed by atoms with Gasteiger partial charge in [-0.2, -0.15) is 0 Å². The summed E-state index contributed by atoms with van der Waals surface area (Å²) >= 11 is 1.53. The van der Waals surface area contributed by atoms with E-state index in [1.54, 1.807) is 0 Å². The number of benzene rings is 2. The number of anilines is 1. The molecule has 0 aliphatic carbocycles. The molecule has 6 heteroatoms. The summed E-state index contributed by atoms with van der Waals surface area (Å²) in [6, 6.07) is 15.9. The van der Waals surface area contributed by atoms with E-state index in [0.717, 1.165) is 32.6 Å². The minimum absolute atomic E-state index is 0.122. The maximum Gasteiger partial charge on any atom is 0.262 e. The smallest absolute Gasteiger partial charge is 0.262 e. The average molecular weight is 389 g/mol. The molecule has 4 rings (SSSR count). The summed E-state index contributed by atoms with van der Waals surface area (Å²) in [6.45, 7) is 3.91. The molecule has 0 aliphatic heterocycles. The van der Waals surface area contributed by atoms with E-state index >= 15 is 0 Å². The van der Waals surface area contributed by atoms with Gasteiger partial charge in [-0.05, 0) is 37.1 Å². The average Bonchev–Trinajstić information content (AvgIpc) is 3.12. The van der Waals surface area contributed by atoms with Crippen molar-refractivity contribution in [2.75, 3.05) is 11.9 Å². The molecule has 1 N–H and O–H groups in total. The Labute approximate surface area is 167 Å². The molecule has 140 valence electrons. The van der Waals surface area contributed by atoms with Gasteiger partial charge in [0.15, 0.2) is 6.61 Å². The van der Waals surface area contributed by atoms with Gasteiger partial charge in [0, 0.05) is 16.6 Å². The quantitative estimate of drug-likeness (QED) is 0.522. The van der Waals surface area contributed by atoms with Crippen LogP contribution in [0.25, 0.3) is 21.3 Å². The van der Waals surface area contributed by atoms with E-state index in [0.29, 0.717) is 5.88 Å². The molecule has 0 fully saturated rings. The standard InChI is InChI=1S/C22H19N3O2S/c1-14-6-8-16(9-7-14)18-12-28-22-20(18)21(23-13-24-22)27-11-19(26)25-17-5-3-4-15(2)10-17/h3-10,12-13H,11H2,1-2H3,(H,25,26). The second kappa shape index (κ2) is 7.78. The zero-order chi connectivity index (χ0) is 19.5. The van der Waals surface area contributed by atoms with Crippen LogP contribution in [0.3, 0.4) is 0 Å². The number of carbonyl (C=O) groups is 1. The zero-order valence-corrected chi connectivity index (χ0v) is 16.4. The number of hydrogen-bond acceptors (Lipinski definition) is 5. The lowest BCUT2D eigenvalue weighted by Crippen LogP contribution is -2.20. The highest BCUT2D eigenvalue weighted by atomic mass is 32.1. The Morgan fingerprint density at radius 3 is 2.68 bits per heavy atom. The van der Waals surface area contributed by atoms with E-state index in [4.69, 9.17) is 4.74 Å². The van der Waals surface area contributed by atoms with Crippen LogP contribution in [0.4, 0.5) is 5.69 Å². The minimum Gasteiger partial charge on any atom is -0.467 e. The Morgan fingerprint density at radius 2 is 1.89 bits per heavy atom. The van der Waals surface area contributed by atoms with E-state index < -0.39 is 0 Å². The maximum atomic E-state index is 12.3. The predicted molar refractivity (Wildman–Crippen MR) is 113 cm³/mol. The van der Waals surface area contributed by atoms with Crippen molar-refractivity contribution in [2.45, 2.75) is 13.8 Å². The third-order valence-corrected chi connectivity index (χ3v) is 5.23. The molecule has 0 atom stereocenters. The van der Waals surface area contributed by atoms with Gasteiger partial charge >= 0.3 is 0 Å². The molecule has 0 unspecified atom stereocenters. The number of thiophene rings is 1. The third kappa shape index (κ3) is 3.87. The summed E-state index contributed by atoms with van der Waals surface area (Å²) in [5.41, 5.74) is 5.11. The van der Waals surface area contributed by atoms with E-state index in [-0.39, 0.29) is 12.5 Å². The number of nitrogens with zero attached hydrogens (tertiary/aromatic N) is 2. The zero-order valence-electron chi connectivity index (χ0n) is 15.6. The van der Waals surface area contributed by atoms with E-state index in [1.807, 2.05) is 36.6 Å². The van der Waals surface area contributed by atoms with Crippen LogP contribution in [0.15, 0.2) is 60.2 Å². The summed E-state index contributed by atoms with van der Waals surface area (Å²) in [5.74, 6) is 0.186. The SMILES string of the molecule is Cc1ccc(-c2csc3ncnc(OCC(=O)Nc4cccc(C)c4)c23)cc1. The summed E-state index contributed by atoms with van der Waals surface area (Å²) in [4.78, 5) is 21.7. The fraction of sp³-hybridized carbons (Fsp3) is 0.136. The normalized spacial score (nSPS) is 10.8. The molecule has 0 aliphatic rings. The number of ether oxygens (including phenoxy) is 1. The highest BCUT2D eigenvalue weighted by Gasteiger charge is 2.15. The molecule has 0 spiro atoms. The summed E-state index contributed by atoms with van der Waals surface area (Å²) in [5, 5.41) is 5.72. The third-order valence-electron chi connectivity index (χ3n) is 4.34. The number of aryl methyl sites for hydroxylation is 2. The van der Waals surface area contributed by atoms with E-state index in [1.165, 1.54) is 23.2 Å². The van der Waals surface area contributed by atoms with Gasteiger partial charge in [0.05, 0.1) is 5.39 Å². The number of nitrogens with one attached hydrogen (secondary N) is 1. The van der Waals surface area contributed by atoms with Crippen molar-refractivity contribution in [2.24, 2.45) is 0 Å². The van der Waals surface area contributed by atoms with Crippen LogP contribution in [0.2, 0.25) is 0 Å². The second-order valence-corrected chi connectivity index (χ2v) is 7.44. The monoisotopic (exact) mass is 389 g/mol. The topological polar surface area (TPSA) is 64.1 Å².